The minimum absolute atomic E-state index is 0.0876. The average molecular weight is 280 g/mol. The molecule has 2 aromatic rings. The van der Waals surface area contributed by atoms with Crippen molar-refractivity contribution in [1.29, 1.82) is 0 Å². The first-order chi connectivity index (χ1) is 8.89. The monoisotopic (exact) mass is 280 g/mol. The first-order valence-electron chi connectivity index (χ1n) is 5.35. The van der Waals surface area contributed by atoms with Gasteiger partial charge >= 0.3 is 0 Å². The molecule has 0 saturated heterocycles. The highest BCUT2D eigenvalue weighted by Gasteiger charge is 2.20. The van der Waals surface area contributed by atoms with E-state index in [4.69, 9.17) is 9.56 Å². The highest BCUT2D eigenvalue weighted by Crippen LogP contribution is 2.18. The molecular weight excluding hydrogens is 268 g/mol. The summed E-state index contributed by atoms with van der Waals surface area (Å²) in [6.45, 7) is 0. The van der Waals surface area contributed by atoms with E-state index in [-0.39, 0.29) is 5.76 Å². The number of hydrogen-bond acceptors (Lipinski definition) is 4. The summed E-state index contributed by atoms with van der Waals surface area (Å²) in [5.74, 6) is -0.545. The van der Waals surface area contributed by atoms with Gasteiger partial charge in [0.05, 0.1) is 0 Å². The molecule has 0 aliphatic carbocycles. The van der Waals surface area contributed by atoms with Crippen LogP contribution in [0.4, 0.5) is 5.69 Å². The molecule has 0 radical (unpaired) electrons. The number of carbonyl (C=O) groups is 1. The number of para-hydroxylation sites is 1. The highest BCUT2D eigenvalue weighted by molar-refractivity contribution is 7.89. The average Bonchev–Trinajstić information content (AvgIpc) is 2.87. The van der Waals surface area contributed by atoms with Crippen LogP contribution in [0.5, 0.6) is 0 Å². The van der Waals surface area contributed by atoms with E-state index in [2.05, 4.69) is 0 Å². The molecule has 0 bridgehead atoms. The van der Waals surface area contributed by atoms with E-state index in [0.29, 0.717) is 5.69 Å². The second-order valence-corrected chi connectivity index (χ2v) is 5.36. The Balaban J connectivity index is 2.28. The third kappa shape index (κ3) is 2.83. The summed E-state index contributed by atoms with van der Waals surface area (Å²) in [5, 5.41) is 4.48. The SMILES string of the molecule is CN(C(=O)c1ccc(S(N)(=O)=O)o1)c1ccccc1. The van der Waals surface area contributed by atoms with Gasteiger partial charge in [-0.3, -0.25) is 4.79 Å². The molecule has 2 rings (SSSR count). The summed E-state index contributed by atoms with van der Waals surface area (Å²) in [6, 6.07) is 11.3. The molecule has 0 fully saturated rings. The molecule has 1 aromatic carbocycles. The van der Waals surface area contributed by atoms with E-state index in [1.165, 1.54) is 11.0 Å². The van der Waals surface area contributed by atoms with Crippen molar-refractivity contribution in [2.24, 2.45) is 5.14 Å². The number of benzene rings is 1. The van der Waals surface area contributed by atoms with Crippen LogP contribution in [0.15, 0.2) is 52.0 Å². The fraction of sp³-hybridized carbons (Fsp3) is 0.0833. The fourth-order valence-electron chi connectivity index (χ4n) is 1.52. The number of nitrogens with zero attached hydrogens (tertiary/aromatic N) is 1. The predicted molar refractivity (Wildman–Crippen MR) is 69.3 cm³/mol. The molecular formula is C12H12N2O4S. The van der Waals surface area contributed by atoms with Crippen molar-refractivity contribution in [3.8, 4) is 0 Å². The Morgan fingerprint density at radius 1 is 1.16 bits per heavy atom. The molecule has 0 aliphatic heterocycles. The van der Waals surface area contributed by atoms with E-state index in [1.54, 1.807) is 31.3 Å². The van der Waals surface area contributed by atoms with Crippen molar-refractivity contribution in [2.45, 2.75) is 5.09 Å². The van der Waals surface area contributed by atoms with E-state index < -0.39 is 21.0 Å². The van der Waals surface area contributed by atoms with Gasteiger partial charge in [0.15, 0.2) is 5.76 Å². The molecule has 0 atom stereocenters. The van der Waals surface area contributed by atoms with Crippen molar-refractivity contribution >= 4 is 21.6 Å². The number of hydrogen-bond donors (Lipinski definition) is 1. The van der Waals surface area contributed by atoms with Crippen molar-refractivity contribution in [3.05, 3.63) is 48.2 Å². The molecule has 1 amide bonds. The van der Waals surface area contributed by atoms with Gasteiger partial charge in [0, 0.05) is 12.7 Å². The maximum absolute atomic E-state index is 12.1. The summed E-state index contributed by atoms with van der Waals surface area (Å²) in [6.07, 6.45) is 0. The molecule has 100 valence electrons. The first kappa shape index (κ1) is 13.3. The lowest BCUT2D eigenvalue weighted by molar-refractivity contribution is 0.0961. The van der Waals surface area contributed by atoms with Crippen molar-refractivity contribution in [1.82, 2.24) is 0 Å². The Morgan fingerprint density at radius 3 is 2.32 bits per heavy atom. The third-order valence-corrected chi connectivity index (χ3v) is 3.30. The quantitative estimate of drug-likeness (QED) is 0.914. The highest BCUT2D eigenvalue weighted by atomic mass is 32.2. The number of amides is 1. The van der Waals surface area contributed by atoms with Crippen LogP contribution in [0.3, 0.4) is 0 Å². The Labute approximate surface area is 110 Å². The van der Waals surface area contributed by atoms with Gasteiger partial charge in [0.1, 0.15) is 0 Å². The van der Waals surface area contributed by atoms with Crippen molar-refractivity contribution in [2.75, 3.05) is 11.9 Å². The number of furan rings is 1. The Morgan fingerprint density at radius 2 is 1.79 bits per heavy atom. The summed E-state index contributed by atoms with van der Waals surface area (Å²) < 4.78 is 27.1. The minimum atomic E-state index is -3.94. The van der Waals surface area contributed by atoms with E-state index in [0.717, 1.165) is 6.07 Å². The first-order valence-corrected chi connectivity index (χ1v) is 6.90. The van der Waals surface area contributed by atoms with E-state index in [1.807, 2.05) is 6.07 Å². The van der Waals surface area contributed by atoms with Crippen LogP contribution in [0.2, 0.25) is 0 Å². The molecule has 7 heteroatoms. The zero-order chi connectivity index (χ0) is 14.0. The predicted octanol–water partition coefficient (Wildman–Crippen LogP) is 1.20. The Bertz CT molecular complexity index is 692. The standard InChI is InChI=1S/C12H12N2O4S/c1-14(9-5-3-2-4-6-9)12(15)10-7-8-11(18-10)19(13,16)17/h2-8H,1H3,(H2,13,16,17). The molecule has 6 nitrogen and oxygen atoms in total. The van der Waals surface area contributed by atoms with E-state index in [9.17, 15) is 13.2 Å². The maximum atomic E-state index is 12.1. The van der Waals surface area contributed by atoms with Gasteiger partial charge in [-0.15, -0.1) is 0 Å². The molecule has 0 aliphatic rings. The summed E-state index contributed by atoms with van der Waals surface area (Å²) in [4.78, 5) is 13.4. The van der Waals surface area contributed by atoms with Crippen LogP contribution in [0.25, 0.3) is 0 Å². The molecule has 0 saturated carbocycles. The third-order valence-electron chi connectivity index (χ3n) is 2.52. The molecule has 1 aromatic heterocycles. The zero-order valence-electron chi connectivity index (χ0n) is 10.1. The second kappa shape index (κ2) is 4.87. The van der Waals surface area contributed by atoms with E-state index >= 15 is 0 Å². The number of sulfonamides is 1. The largest absolute Gasteiger partial charge is 0.438 e. The van der Waals surface area contributed by atoms with Crippen LogP contribution < -0.4 is 10.0 Å². The van der Waals surface area contributed by atoms with Crippen LogP contribution in [-0.4, -0.2) is 21.4 Å². The zero-order valence-corrected chi connectivity index (χ0v) is 10.9. The lowest BCUT2D eigenvalue weighted by Crippen LogP contribution is -2.25. The number of primary sulfonamides is 1. The lowest BCUT2D eigenvalue weighted by Gasteiger charge is -2.15. The molecule has 0 unspecified atom stereocenters. The number of rotatable bonds is 3. The topological polar surface area (TPSA) is 93.6 Å². The van der Waals surface area contributed by atoms with Gasteiger partial charge in [-0.2, -0.15) is 0 Å². The Kier molecular flexibility index (Phi) is 3.41. The number of nitrogens with two attached hydrogens (primary N) is 1. The van der Waals surface area contributed by atoms with Crippen LogP contribution in [0.1, 0.15) is 10.6 Å². The van der Waals surface area contributed by atoms with Crippen molar-refractivity contribution < 1.29 is 17.6 Å². The minimum Gasteiger partial charge on any atom is -0.438 e. The molecule has 1 heterocycles. The van der Waals surface area contributed by atoms with Crippen molar-refractivity contribution in [3.63, 3.8) is 0 Å². The van der Waals surface area contributed by atoms with Crippen LogP contribution >= 0.6 is 0 Å². The van der Waals surface area contributed by atoms with Gasteiger partial charge in [-0.25, -0.2) is 13.6 Å². The number of carbonyl (C=O) groups excluding carboxylic acids is 1. The lowest BCUT2D eigenvalue weighted by atomic mass is 10.3. The smallest absolute Gasteiger partial charge is 0.293 e. The van der Waals surface area contributed by atoms with Gasteiger partial charge in [-0.05, 0) is 24.3 Å². The van der Waals surface area contributed by atoms with Gasteiger partial charge < -0.3 is 9.32 Å². The summed E-state index contributed by atoms with van der Waals surface area (Å²) >= 11 is 0. The van der Waals surface area contributed by atoms with Gasteiger partial charge in [0.2, 0.25) is 5.09 Å². The second-order valence-electron chi connectivity index (χ2n) is 3.86. The molecule has 2 N–H and O–H groups in total. The summed E-state index contributed by atoms with van der Waals surface area (Å²) in [7, 11) is -2.38. The molecule has 19 heavy (non-hydrogen) atoms. The van der Waals surface area contributed by atoms with Gasteiger partial charge in [-0.1, -0.05) is 18.2 Å². The fourth-order valence-corrected chi connectivity index (χ4v) is 1.99. The van der Waals surface area contributed by atoms with Gasteiger partial charge in [0.25, 0.3) is 15.9 Å². The van der Waals surface area contributed by atoms with Crippen LogP contribution in [-0.2, 0) is 10.0 Å². The number of anilines is 1. The summed E-state index contributed by atoms with van der Waals surface area (Å²) in [5.41, 5.74) is 0.668. The maximum Gasteiger partial charge on any atom is 0.293 e. The van der Waals surface area contributed by atoms with Crippen LogP contribution in [0, 0.1) is 0 Å². The Hall–Kier alpha value is -2.12. The normalized spacial score (nSPS) is 11.3. The molecule has 0 spiro atoms.